The second-order valence-electron chi connectivity index (χ2n) is 14.7. The van der Waals surface area contributed by atoms with Crippen molar-refractivity contribution in [3.63, 3.8) is 0 Å². The molecule has 3 nitrogen and oxygen atoms in total. The Hall–Kier alpha value is -7.02. The van der Waals surface area contributed by atoms with Crippen LogP contribution in [0.2, 0.25) is 0 Å². The lowest BCUT2D eigenvalue weighted by Gasteiger charge is -2.47. The summed E-state index contributed by atoms with van der Waals surface area (Å²) in [6.07, 6.45) is 0. The molecule has 0 aliphatic carbocycles. The summed E-state index contributed by atoms with van der Waals surface area (Å²) in [5, 5.41) is 9.81. The SMILES string of the molecule is N#Cc1ccc(N2c3ccccc3N(c3ccccc3)c3c2cc2c4c3C(c3ccccc3)c3ccccc3B4c3ccccc3B2c2ccccc2)cc1. The number of hydrogen-bond donors (Lipinski definition) is 0. The number of fused-ring (bicyclic) bond motifs is 7. The van der Waals surface area contributed by atoms with Crippen LogP contribution < -0.4 is 42.6 Å². The minimum atomic E-state index is -0.0293. The molecule has 0 spiro atoms. The lowest BCUT2D eigenvalue weighted by Crippen LogP contribution is -2.77. The maximum absolute atomic E-state index is 9.81. The number of rotatable bonds is 4. The van der Waals surface area contributed by atoms with Crippen LogP contribution in [0.1, 0.15) is 28.2 Å². The van der Waals surface area contributed by atoms with Gasteiger partial charge in [0.1, 0.15) is 0 Å². The first kappa shape index (κ1) is 31.5. The van der Waals surface area contributed by atoms with Gasteiger partial charge in [0.15, 0.2) is 0 Å². The number of para-hydroxylation sites is 3. The van der Waals surface area contributed by atoms with Crippen molar-refractivity contribution in [1.29, 1.82) is 5.26 Å². The molecule has 0 bridgehead atoms. The van der Waals surface area contributed by atoms with Crippen molar-refractivity contribution in [2.24, 2.45) is 0 Å². The van der Waals surface area contributed by atoms with E-state index in [0.717, 1.165) is 28.4 Å². The predicted octanol–water partition coefficient (Wildman–Crippen LogP) is 7.65. The van der Waals surface area contributed by atoms with E-state index in [1.54, 1.807) is 0 Å². The molecule has 1 atom stereocenters. The van der Waals surface area contributed by atoms with Crippen molar-refractivity contribution in [3.05, 3.63) is 216 Å². The average molecular weight is 697 g/mol. The molecule has 5 heteroatoms. The van der Waals surface area contributed by atoms with Crippen molar-refractivity contribution in [1.82, 2.24) is 0 Å². The van der Waals surface area contributed by atoms with Crippen molar-refractivity contribution in [2.45, 2.75) is 5.92 Å². The van der Waals surface area contributed by atoms with Gasteiger partial charge in [0.25, 0.3) is 0 Å². The summed E-state index contributed by atoms with van der Waals surface area (Å²) in [4.78, 5) is 4.95. The number of benzene rings is 8. The van der Waals surface area contributed by atoms with E-state index in [1.807, 2.05) is 12.1 Å². The van der Waals surface area contributed by atoms with Gasteiger partial charge < -0.3 is 9.80 Å². The van der Waals surface area contributed by atoms with Crippen LogP contribution in [0.4, 0.5) is 34.1 Å². The Kier molecular flexibility index (Phi) is 7.19. The highest BCUT2D eigenvalue weighted by atomic mass is 15.3. The zero-order valence-corrected chi connectivity index (χ0v) is 30.0. The van der Waals surface area contributed by atoms with Crippen LogP contribution in [0.25, 0.3) is 0 Å². The van der Waals surface area contributed by atoms with E-state index in [-0.39, 0.29) is 19.3 Å². The van der Waals surface area contributed by atoms with E-state index < -0.39 is 0 Å². The smallest absolute Gasteiger partial charge is 0.240 e. The average Bonchev–Trinajstić information content (AvgIpc) is 3.26. The molecule has 0 saturated carbocycles. The highest BCUT2D eigenvalue weighted by Gasteiger charge is 2.48. The molecule has 1 unspecified atom stereocenters. The fraction of sp³-hybridized carbons (Fsp3) is 0.0200. The lowest BCUT2D eigenvalue weighted by molar-refractivity contribution is 0.976. The van der Waals surface area contributed by atoms with Crippen LogP contribution in [-0.2, 0) is 0 Å². The summed E-state index contributed by atoms with van der Waals surface area (Å²) < 4.78 is 0. The van der Waals surface area contributed by atoms with E-state index >= 15 is 0 Å². The van der Waals surface area contributed by atoms with Gasteiger partial charge in [-0.3, -0.25) is 0 Å². The number of nitriles is 1. The molecular weight excluding hydrogens is 664 g/mol. The minimum Gasteiger partial charge on any atom is -0.306 e. The topological polar surface area (TPSA) is 30.3 Å². The Morgan fingerprint density at radius 3 is 1.69 bits per heavy atom. The fourth-order valence-electron chi connectivity index (χ4n) is 9.75. The maximum atomic E-state index is 9.81. The maximum Gasteiger partial charge on any atom is 0.240 e. The molecule has 11 rings (SSSR count). The second kappa shape index (κ2) is 12.5. The van der Waals surface area contributed by atoms with Gasteiger partial charge in [0, 0.05) is 17.3 Å². The first-order valence-electron chi connectivity index (χ1n) is 19.0. The summed E-state index contributed by atoms with van der Waals surface area (Å²) in [6.45, 7) is 0.0836. The monoisotopic (exact) mass is 697 g/mol. The Balaban J connectivity index is 1.35. The molecule has 254 valence electrons. The summed E-state index contributed by atoms with van der Waals surface area (Å²) in [5.41, 5.74) is 19.4. The molecule has 3 heterocycles. The minimum absolute atomic E-state index is 0.0274. The molecule has 0 aromatic heterocycles. The van der Waals surface area contributed by atoms with E-state index in [0.29, 0.717) is 5.56 Å². The van der Waals surface area contributed by atoms with Crippen LogP contribution in [-0.4, -0.2) is 13.4 Å². The van der Waals surface area contributed by atoms with E-state index in [1.165, 1.54) is 55.2 Å². The van der Waals surface area contributed by atoms with Gasteiger partial charge in [-0.15, -0.1) is 0 Å². The van der Waals surface area contributed by atoms with Crippen LogP contribution in [0.5, 0.6) is 0 Å². The highest BCUT2D eigenvalue weighted by Crippen LogP contribution is 2.57. The molecule has 3 aliphatic heterocycles. The van der Waals surface area contributed by atoms with Crippen molar-refractivity contribution < 1.29 is 0 Å². The predicted molar refractivity (Wildman–Crippen MR) is 230 cm³/mol. The molecule has 0 amide bonds. The molecule has 8 aromatic rings. The molecule has 0 saturated heterocycles. The number of hydrogen-bond acceptors (Lipinski definition) is 3. The first-order chi connectivity index (χ1) is 27.3. The lowest BCUT2D eigenvalue weighted by atomic mass is 9.19. The van der Waals surface area contributed by atoms with Crippen molar-refractivity contribution >= 4 is 80.3 Å². The third-order valence-electron chi connectivity index (χ3n) is 11.9. The molecule has 8 aromatic carbocycles. The van der Waals surface area contributed by atoms with E-state index in [2.05, 4.69) is 198 Å². The van der Waals surface area contributed by atoms with Crippen LogP contribution in [0.3, 0.4) is 0 Å². The van der Waals surface area contributed by atoms with E-state index in [4.69, 9.17) is 0 Å². The second-order valence-corrected chi connectivity index (χ2v) is 14.7. The summed E-state index contributed by atoms with van der Waals surface area (Å²) in [5.74, 6) is -0.0293. The summed E-state index contributed by atoms with van der Waals surface area (Å²) >= 11 is 0. The Bertz CT molecular complexity index is 2790. The molecular formula is C50H33B2N3. The largest absolute Gasteiger partial charge is 0.306 e. The van der Waals surface area contributed by atoms with Gasteiger partial charge in [-0.05, 0) is 71.3 Å². The van der Waals surface area contributed by atoms with Crippen LogP contribution in [0.15, 0.2) is 194 Å². The molecule has 0 N–H and O–H groups in total. The van der Waals surface area contributed by atoms with Gasteiger partial charge >= 0.3 is 0 Å². The number of nitrogens with zero attached hydrogens (tertiary/aromatic N) is 3. The summed E-state index contributed by atoms with van der Waals surface area (Å²) in [6, 6.07) is 73.0. The fourth-order valence-corrected chi connectivity index (χ4v) is 9.75. The van der Waals surface area contributed by atoms with Crippen molar-refractivity contribution in [2.75, 3.05) is 9.80 Å². The molecule has 0 fully saturated rings. The Labute approximate surface area is 322 Å². The third kappa shape index (κ3) is 4.72. The van der Waals surface area contributed by atoms with Gasteiger partial charge in [-0.25, -0.2) is 0 Å². The highest BCUT2D eigenvalue weighted by molar-refractivity contribution is 7.11. The molecule has 55 heavy (non-hydrogen) atoms. The Morgan fingerprint density at radius 2 is 1.00 bits per heavy atom. The molecule has 0 radical (unpaired) electrons. The van der Waals surface area contributed by atoms with Crippen molar-refractivity contribution in [3.8, 4) is 6.07 Å². The van der Waals surface area contributed by atoms with Crippen LogP contribution >= 0.6 is 0 Å². The van der Waals surface area contributed by atoms with Gasteiger partial charge in [0.2, 0.25) is 13.4 Å². The van der Waals surface area contributed by atoms with Gasteiger partial charge in [-0.2, -0.15) is 5.26 Å². The molecule has 3 aliphatic rings. The zero-order chi connectivity index (χ0) is 36.5. The van der Waals surface area contributed by atoms with Gasteiger partial charge in [-0.1, -0.05) is 172 Å². The van der Waals surface area contributed by atoms with Gasteiger partial charge in [0.05, 0.1) is 34.4 Å². The Morgan fingerprint density at radius 1 is 0.455 bits per heavy atom. The first-order valence-corrected chi connectivity index (χ1v) is 19.0. The number of anilines is 6. The normalized spacial score (nSPS) is 14.6. The van der Waals surface area contributed by atoms with Crippen LogP contribution in [0, 0.1) is 11.3 Å². The summed E-state index contributed by atoms with van der Waals surface area (Å²) in [7, 11) is 0. The third-order valence-corrected chi connectivity index (χ3v) is 11.9. The quantitative estimate of drug-likeness (QED) is 0.177. The van der Waals surface area contributed by atoms with E-state index in [9.17, 15) is 5.26 Å². The standard InChI is InChI=1S/C50H33B2N3/c53-33-34-28-30-38(31-29-34)54-44-26-14-15-27-45(44)55(37-20-8-3-9-21-37)50-46(54)32-43-49-48(50)47(35-16-4-1-5-17-35)39-22-10-11-23-40(39)52(49)42-25-13-12-24-41(42)51(43)36-18-6-2-7-19-36/h1-32,47H. The zero-order valence-electron chi connectivity index (χ0n) is 30.0.